The zero-order valence-corrected chi connectivity index (χ0v) is 16.7. The molecule has 8 heteroatoms. The predicted octanol–water partition coefficient (Wildman–Crippen LogP) is 3.13. The normalized spacial score (nSPS) is 22.6. The number of rotatable bonds is 6. The van der Waals surface area contributed by atoms with Crippen molar-refractivity contribution in [2.24, 2.45) is 5.92 Å². The molecule has 7 nitrogen and oxygen atoms in total. The number of hydrogen-bond donors (Lipinski definition) is 2. The van der Waals surface area contributed by atoms with Crippen LogP contribution in [0, 0.1) is 17.2 Å². The van der Waals surface area contributed by atoms with Gasteiger partial charge in [0.1, 0.15) is 12.1 Å². The van der Waals surface area contributed by atoms with Crippen molar-refractivity contribution in [1.82, 2.24) is 10.2 Å². The van der Waals surface area contributed by atoms with Gasteiger partial charge < -0.3 is 10.6 Å². The maximum absolute atomic E-state index is 13.0. The highest BCUT2D eigenvalue weighted by Crippen LogP contribution is 2.36. The molecule has 3 rings (SSSR count). The van der Waals surface area contributed by atoms with Crippen LogP contribution in [0.4, 0.5) is 10.5 Å². The molecule has 1 aliphatic heterocycles. The van der Waals surface area contributed by atoms with Crippen LogP contribution in [0.25, 0.3) is 0 Å². The Morgan fingerprint density at radius 2 is 2.04 bits per heavy atom. The number of hydrogen-bond acceptors (Lipinski definition) is 5. The molecule has 28 heavy (non-hydrogen) atoms. The second kappa shape index (κ2) is 8.65. The van der Waals surface area contributed by atoms with Gasteiger partial charge in [-0.25, -0.2) is 4.79 Å². The summed E-state index contributed by atoms with van der Waals surface area (Å²) in [5.74, 6) is -0.401. The maximum Gasteiger partial charge on any atom is 0.325 e. The first-order chi connectivity index (χ1) is 13.5. The van der Waals surface area contributed by atoms with Gasteiger partial charge in [-0.3, -0.25) is 14.5 Å². The lowest BCUT2D eigenvalue weighted by Crippen LogP contribution is -2.51. The Balaban J connectivity index is 1.67. The second-order valence-electron chi connectivity index (χ2n) is 7.35. The van der Waals surface area contributed by atoms with Crippen LogP contribution >= 0.6 is 11.8 Å². The molecule has 2 aliphatic rings. The molecule has 2 N–H and O–H groups in total. The Morgan fingerprint density at radius 1 is 1.32 bits per heavy atom. The molecule has 1 atom stereocenters. The molecular formula is C20H24N4O3S. The van der Waals surface area contributed by atoms with Crippen molar-refractivity contribution in [2.45, 2.75) is 49.5 Å². The summed E-state index contributed by atoms with van der Waals surface area (Å²) in [5.41, 5.74) is -0.368. The Kier molecular flexibility index (Phi) is 6.25. The van der Waals surface area contributed by atoms with Crippen LogP contribution in [0.5, 0.6) is 0 Å². The lowest BCUT2D eigenvalue weighted by molar-refractivity contribution is -0.135. The molecule has 1 saturated carbocycles. The highest BCUT2D eigenvalue weighted by atomic mass is 32.2. The van der Waals surface area contributed by atoms with Gasteiger partial charge in [-0.1, -0.05) is 31.4 Å². The van der Waals surface area contributed by atoms with E-state index in [9.17, 15) is 14.4 Å². The average molecular weight is 401 g/mol. The number of nitriles is 1. The van der Waals surface area contributed by atoms with Crippen molar-refractivity contribution in [3.05, 3.63) is 24.3 Å². The number of amides is 4. The van der Waals surface area contributed by atoms with E-state index in [0.717, 1.165) is 41.9 Å². The monoisotopic (exact) mass is 400 g/mol. The Hall–Kier alpha value is -2.53. The molecule has 4 amide bonds. The van der Waals surface area contributed by atoms with E-state index >= 15 is 0 Å². The molecule has 0 spiro atoms. The van der Waals surface area contributed by atoms with E-state index in [1.54, 1.807) is 19.1 Å². The number of imide groups is 1. The standard InChI is InChI=1S/C20H24N4O3S/c1-20(14-7-3-2-4-8-14)18(26)24(19(27)23-20)13-17(25)22-15-9-5-6-10-16(15)28-12-11-21/h5-6,9-10,14H,2-4,7-8,12-13H2,1H3,(H,22,25)(H,23,27)/t20-/m0/s1. The van der Waals surface area contributed by atoms with Crippen LogP contribution in [-0.4, -0.2) is 40.6 Å². The van der Waals surface area contributed by atoms with E-state index in [-0.39, 0.29) is 24.1 Å². The SMILES string of the molecule is C[C@@]1(C2CCCCC2)NC(=O)N(CC(=O)Nc2ccccc2SCC#N)C1=O. The maximum atomic E-state index is 13.0. The molecule has 2 fully saturated rings. The van der Waals surface area contributed by atoms with Crippen LogP contribution in [0.3, 0.4) is 0 Å². The molecule has 0 unspecified atom stereocenters. The molecule has 0 bridgehead atoms. The number of urea groups is 1. The lowest BCUT2D eigenvalue weighted by Gasteiger charge is -2.34. The van der Waals surface area contributed by atoms with Crippen molar-refractivity contribution in [1.29, 1.82) is 5.26 Å². The smallest absolute Gasteiger partial charge is 0.324 e. The number of thioether (sulfide) groups is 1. The fraction of sp³-hybridized carbons (Fsp3) is 0.500. The lowest BCUT2D eigenvalue weighted by atomic mass is 9.75. The van der Waals surface area contributed by atoms with Gasteiger partial charge in [-0.05, 0) is 37.8 Å². The molecular weight excluding hydrogens is 376 g/mol. The molecule has 1 aromatic carbocycles. The van der Waals surface area contributed by atoms with Gasteiger partial charge in [0.15, 0.2) is 0 Å². The van der Waals surface area contributed by atoms with Gasteiger partial charge in [0, 0.05) is 4.90 Å². The zero-order chi connectivity index (χ0) is 20.1. The van der Waals surface area contributed by atoms with Crippen LogP contribution in [0.2, 0.25) is 0 Å². The number of anilines is 1. The van der Waals surface area contributed by atoms with Gasteiger partial charge in [-0.2, -0.15) is 5.26 Å². The van der Waals surface area contributed by atoms with Crippen LogP contribution in [0.1, 0.15) is 39.0 Å². The Bertz CT molecular complexity index is 816. The van der Waals surface area contributed by atoms with Crippen LogP contribution in [0.15, 0.2) is 29.2 Å². The number of benzene rings is 1. The Labute approximate surface area is 168 Å². The van der Waals surface area contributed by atoms with Gasteiger partial charge >= 0.3 is 6.03 Å². The van der Waals surface area contributed by atoms with Crippen molar-refractivity contribution in [2.75, 3.05) is 17.6 Å². The third-order valence-corrected chi connectivity index (χ3v) is 6.42. The van der Waals surface area contributed by atoms with Gasteiger partial charge in [0.2, 0.25) is 5.91 Å². The largest absolute Gasteiger partial charge is 0.325 e. The Morgan fingerprint density at radius 3 is 2.75 bits per heavy atom. The number of para-hydroxylation sites is 1. The molecule has 0 radical (unpaired) electrons. The van der Waals surface area contributed by atoms with E-state index in [2.05, 4.69) is 16.7 Å². The zero-order valence-electron chi connectivity index (χ0n) is 15.9. The number of carbonyl (C=O) groups is 3. The van der Waals surface area contributed by atoms with Crippen LogP contribution in [-0.2, 0) is 9.59 Å². The van der Waals surface area contributed by atoms with Crippen LogP contribution < -0.4 is 10.6 Å². The first kappa shape index (κ1) is 20.2. The van der Waals surface area contributed by atoms with E-state index in [1.165, 1.54) is 11.8 Å². The number of carbonyl (C=O) groups excluding carboxylic acids is 3. The highest BCUT2D eigenvalue weighted by molar-refractivity contribution is 7.99. The summed E-state index contributed by atoms with van der Waals surface area (Å²) in [6.07, 6.45) is 5.09. The average Bonchev–Trinajstić information content (AvgIpc) is 2.92. The van der Waals surface area contributed by atoms with Crippen molar-refractivity contribution in [3.63, 3.8) is 0 Å². The van der Waals surface area contributed by atoms with Crippen molar-refractivity contribution >= 4 is 35.3 Å². The molecule has 148 valence electrons. The summed E-state index contributed by atoms with van der Waals surface area (Å²) in [6.45, 7) is 1.44. The first-order valence-electron chi connectivity index (χ1n) is 9.48. The molecule has 1 aromatic rings. The quantitative estimate of drug-likeness (QED) is 0.564. The van der Waals surface area contributed by atoms with E-state index in [4.69, 9.17) is 5.26 Å². The predicted molar refractivity (Wildman–Crippen MR) is 107 cm³/mol. The first-order valence-corrected chi connectivity index (χ1v) is 10.5. The third-order valence-electron chi connectivity index (χ3n) is 5.48. The minimum atomic E-state index is -0.932. The summed E-state index contributed by atoms with van der Waals surface area (Å²) in [7, 11) is 0. The molecule has 1 saturated heterocycles. The molecule has 0 aromatic heterocycles. The van der Waals surface area contributed by atoms with E-state index in [0.29, 0.717) is 5.69 Å². The fourth-order valence-corrected chi connectivity index (χ4v) is 4.62. The minimum absolute atomic E-state index is 0.105. The van der Waals surface area contributed by atoms with Gasteiger partial charge in [0.05, 0.1) is 17.5 Å². The molecule has 1 aliphatic carbocycles. The molecule has 1 heterocycles. The third kappa shape index (κ3) is 4.14. The van der Waals surface area contributed by atoms with E-state index < -0.39 is 17.5 Å². The summed E-state index contributed by atoms with van der Waals surface area (Å²) in [5, 5.41) is 14.3. The van der Waals surface area contributed by atoms with Gasteiger partial charge in [-0.15, -0.1) is 11.8 Å². The summed E-state index contributed by atoms with van der Waals surface area (Å²) in [6, 6.07) is 8.68. The van der Waals surface area contributed by atoms with Crippen molar-refractivity contribution in [3.8, 4) is 6.07 Å². The highest BCUT2D eigenvalue weighted by Gasteiger charge is 2.52. The summed E-state index contributed by atoms with van der Waals surface area (Å²) in [4.78, 5) is 39.7. The number of nitrogens with zero attached hydrogens (tertiary/aromatic N) is 2. The van der Waals surface area contributed by atoms with E-state index in [1.807, 2.05) is 12.1 Å². The topological polar surface area (TPSA) is 102 Å². The summed E-state index contributed by atoms with van der Waals surface area (Å²) < 4.78 is 0. The fourth-order valence-electron chi connectivity index (χ4n) is 3.96. The van der Waals surface area contributed by atoms with Crippen molar-refractivity contribution < 1.29 is 14.4 Å². The van der Waals surface area contributed by atoms with Gasteiger partial charge in [0.25, 0.3) is 5.91 Å². The number of nitrogens with one attached hydrogen (secondary N) is 2. The minimum Gasteiger partial charge on any atom is -0.324 e. The second-order valence-corrected chi connectivity index (χ2v) is 8.37. The summed E-state index contributed by atoms with van der Waals surface area (Å²) >= 11 is 1.32.